The molecule has 2 fully saturated rings. The first kappa shape index (κ1) is 29.0. The summed E-state index contributed by atoms with van der Waals surface area (Å²) in [5, 5.41) is 15.2. The molecule has 4 heteroatoms. The number of nitrogens with zero attached hydrogens (tertiary/aromatic N) is 1. The molecule has 0 bridgehead atoms. The number of piperidine rings is 1. The predicted molar refractivity (Wildman–Crippen MR) is 162 cm³/mol. The Kier molecular flexibility index (Phi) is 9.63. The molecule has 1 aliphatic heterocycles. The maximum atomic E-state index is 13.0. The van der Waals surface area contributed by atoms with Gasteiger partial charge in [0.05, 0.1) is 0 Å². The number of anilines is 1. The van der Waals surface area contributed by atoms with Gasteiger partial charge in [-0.05, 0) is 106 Å². The second-order valence-corrected chi connectivity index (χ2v) is 11.9. The number of aliphatic hydroxyl groups excluding tert-OH is 1. The van der Waals surface area contributed by atoms with Crippen LogP contribution in [0.25, 0.3) is 0 Å². The Balaban J connectivity index is 0.000000828. The van der Waals surface area contributed by atoms with Gasteiger partial charge in [0.25, 0.3) is 0 Å². The zero-order valence-electron chi connectivity index (χ0n) is 23.9. The van der Waals surface area contributed by atoms with Crippen molar-refractivity contribution in [1.29, 1.82) is 0 Å². The summed E-state index contributed by atoms with van der Waals surface area (Å²) in [6, 6.07) is 28.8. The number of ketones is 1. The van der Waals surface area contributed by atoms with Gasteiger partial charge in [0.1, 0.15) is 12.1 Å². The highest BCUT2D eigenvalue weighted by Gasteiger charge is 2.51. The Morgan fingerprint density at radius 2 is 1.33 bits per heavy atom. The van der Waals surface area contributed by atoms with E-state index in [1.54, 1.807) is 0 Å². The third-order valence-electron chi connectivity index (χ3n) is 8.93. The van der Waals surface area contributed by atoms with E-state index in [9.17, 15) is 4.79 Å². The van der Waals surface area contributed by atoms with Crippen LogP contribution in [0.3, 0.4) is 0 Å². The third kappa shape index (κ3) is 7.80. The zero-order chi connectivity index (χ0) is 27.9. The predicted octanol–water partition coefficient (Wildman–Crippen LogP) is 6.93. The molecule has 0 amide bonds. The average molecular weight is 530 g/mol. The van der Waals surface area contributed by atoms with Crippen LogP contribution in [0, 0.1) is 17.8 Å². The summed E-state index contributed by atoms with van der Waals surface area (Å²) in [5.74, 6) is 0.392. The molecular formula is C35H47NO3. The van der Waals surface area contributed by atoms with E-state index in [0.29, 0.717) is 11.2 Å². The lowest BCUT2D eigenvalue weighted by molar-refractivity contribution is -0.126. The number of carbonyl (C=O) groups excluding carboxylic acids is 1. The number of hydrogen-bond acceptors (Lipinski definition) is 4. The normalized spacial score (nSPS) is 20.1. The Morgan fingerprint density at radius 3 is 1.87 bits per heavy atom. The summed E-state index contributed by atoms with van der Waals surface area (Å²) in [4.78, 5) is 15.5. The highest BCUT2D eigenvalue weighted by atomic mass is 16.5. The molecular weight excluding hydrogens is 482 g/mol. The Hall–Kier alpha value is -2.95. The molecule has 210 valence electrons. The summed E-state index contributed by atoms with van der Waals surface area (Å²) < 4.78 is 0. The van der Waals surface area contributed by atoms with E-state index in [4.69, 9.17) is 10.2 Å². The van der Waals surface area contributed by atoms with E-state index in [1.807, 2.05) is 6.92 Å². The fraction of sp³-hybridized carbons (Fsp3) is 0.457. The topological polar surface area (TPSA) is 60.8 Å². The van der Waals surface area contributed by atoms with Crippen molar-refractivity contribution in [3.63, 3.8) is 0 Å². The standard InChI is InChI=1S/C33H39NO.C2H6O2.H2/c1-26-8-10-28(11-9-26)12-13-29-14-16-30(17-15-29)24-33(27(2)35)19-18-32(25-33)20-22-34(23-21-32)31-6-4-3-5-7-31;1-2(3)4;/h3-11,14-17H,12-13,18-25H2,1-2H3;2-4H,1H3;1H. The minimum Gasteiger partial charge on any atom is -0.371 e. The largest absolute Gasteiger partial charge is 0.371 e. The Bertz CT molecular complexity index is 1180. The maximum Gasteiger partial charge on any atom is 0.148 e. The summed E-state index contributed by atoms with van der Waals surface area (Å²) >= 11 is 0. The number of aliphatic hydroxyl groups is 2. The van der Waals surface area contributed by atoms with E-state index >= 15 is 0 Å². The highest BCUT2D eigenvalue weighted by molar-refractivity contribution is 5.83. The molecule has 1 atom stereocenters. The second-order valence-electron chi connectivity index (χ2n) is 11.9. The van der Waals surface area contributed by atoms with Crippen LogP contribution in [0.1, 0.15) is 69.6 Å². The van der Waals surface area contributed by atoms with Gasteiger partial charge in [0.15, 0.2) is 0 Å². The Labute approximate surface area is 236 Å². The van der Waals surface area contributed by atoms with Crippen molar-refractivity contribution in [1.82, 2.24) is 0 Å². The minimum atomic E-state index is -1.17. The lowest BCUT2D eigenvalue weighted by atomic mass is 9.70. The molecule has 3 aromatic rings. The van der Waals surface area contributed by atoms with Crippen molar-refractivity contribution in [3.8, 4) is 0 Å². The minimum absolute atomic E-state index is 0. The van der Waals surface area contributed by atoms with Crippen molar-refractivity contribution in [3.05, 3.63) is 101 Å². The molecule has 1 saturated heterocycles. The van der Waals surface area contributed by atoms with Crippen LogP contribution in [0.15, 0.2) is 78.9 Å². The number of carbonyl (C=O) groups is 1. The van der Waals surface area contributed by atoms with Crippen molar-refractivity contribution in [2.24, 2.45) is 10.8 Å². The molecule has 1 saturated carbocycles. The number of Topliss-reactive ketones (excluding diaryl/α,β-unsaturated/α-hetero) is 1. The monoisotopic (exact) mass is 529 g/mol. The number of rotatable bonds is 7. The van der Waals surface area contributed by atoms with Crippen LogP contribution in [-0.4, -0.2) is 35.4 Å². The number of benzene rings is 3. The summed E-state index contributed by atoms with van der Waals surface area (Å²) in [7, 11) is 0. The maximum absolute atomic E-state index is 13.0. The average Bonchev–Trinajstić information content (AvgIpc) is 3.28. The third-order valence-corrected chi connectivity index (χ3v) is 8.93. The smallest absolute Gasteiger partial charge is 0.148 e. The first-order valence-corrected chi connectivity index (χ1v) is 14.5. The summed E-state index contributed by atoms with van der Waals surface area (Å²) in [5.41, 5.74) is 6.89. The molecule has 1 heterocycles. The van der Waals surface area contributed by atoms with Crippen LogP contribution in [0.2, 0.25) is 0 Å². The molecule has 1 aliphatic carbocycles. The molecule has 3 aromatic carbocycles. The SMILES string of the molecule is CC(=O)C1(Cc2ccc(CCc3ccc(C)cc3)cc2)CCC2(CCN(c3ccccc3)CC2)C1.CC(O)O.[HH]. The van der Waals surface area contributed by atoms with Gasteiger partial charge in [0.2, 0.25) is 0 Å². The van der Waals surface area contributed by atoms with E-state index in [-0.39, 0.29) is 6.84 Å². The molecule has 1 spiro atoms. The van der Waals surface area contributed by atoms with Crippen LogP contribution in [0.4, 0.5) is 5.69 Å². The second kappa shape index (κ2) is 12.9. The van der Waals surface area contributed by atoms with Crippen molar-refractivity contribution in [2.75, 3.05) is 18.0 Å². The quantitative estimate of drug-likeness (QED) is 0.326. The van der Waals surface area contributed by atoms with Crippen LogP contribution in [0.5, 0.6) is 0 Å². The van der Waals surface area contributed by atoms with Crippen molar-refractivity contribution >= 4 is 11.5 Å². The first-order chi connectivity index (χ1) is 18.7. The summed E-state index contributed by atoms with van der Waals surface area (Å²) in [6.45, 7) is 7.46. The van der Waals surface area contributed by atoms with Crippen molar-refractivity contribution in [2.45, 2.75) is 78.4 Å². The summed E-state index contributed by atoms with van der Waals surface area (Å²) in [6.07, 6.45) is 7.57. The van der Waals surface area contributed by atoms with E-state index in [0.717, 1.165) is 45.2 Å². The number of hydrogen-bond donors (Lipinski definition) is 2. The van der Waals surface area contributed by atoms with Gasteiger partial charge < -0.3 is 15.1 Å². The fourth-order valence-corrected chi connectivity index (χ4v) is 6.54. The number of aryl methyl sites for hydroxylation is 3. The van der Waals surface area contributed by atoms with Gasteiger partial charge in [-0.1, -0.05) is 72.3 Å². The Morgan fingerprint density at radius 1 is 0.821 bits per heavy atom. The van der Waals surface area contributed by atoms with Crippen LogP contribution < -0.4 is 4.90 Å². The molecule has 39 heavy (non-hydrogen) atoms. The van der Waals surface area contributed by atoms with E-state index < -0.39 is 6.29 Å². The van der Waals surface area contributed by atoms with Gasteiger partial charge in [0, 0.05) is 25.6 Å². The molecule has 5 rings (SSSR count). The fourth-order valence-electron chi connectivity index (χ4n) is 6.54. The first-order valence-electron chi connectivity index (χ1n) is 14.5. The lowest BCUT2D eigenvalue weighted by Crippen LogP contribution is -2.40. The van der Waals surface area contributed by atoms with Crippen LogP contribution >= 0.6 is 0 Å². The lowest BCUT2D eigenvalue weighted by Gasteiger charge is -2.41. The molecule has 4 nitrogen and oxygen atoms in total. The highest BCUT2D eigenvalue weighted by Crippen LogP contribution is 2.56. The van der Waals surface area contributed by atoms with Gasteiger partial charge in [-0.3, -0.25) is 4.79 Å². The van der Waals surface area contributed by atoms with E-state index in [1.165, 1.54) is 54.1 Å². The molecule has 0 aromatic heterocycles. The van der Waals surface area contributed by atoms with Crippen molar-refractivity contribution < 1.29 is 16.4 Å². The van der Waals surface area contributed by atoms with Gasteiger partial charge in [-0.2, -0.15) is 0 Å². The van der Waals surface area contributed by atoms with Gasteiger partial charge >= 0.3 is 0 Å². The number of para-hydroxylation sites is 1. The molecule has 0 radical (unpaired) electrons. The molecule has 2 aliphatic rings. The van der Waals surface area contributed by atoms with Gasteiger partial charge in [-0.15, -0.1) is 0 Å². The molecule has 2 N–H and O–H groups in total. The zero-order valence-corrected chi connectivity index (χ0v) is 23.9. The van der Waals surface area contributed by atoms with E-state index in [2.05, 4.69) is 90.7 Å². The van der Waals surface area contributed by atoms with Gasteiger partial charge in [-0.25, -0.2) is 0 Å². The van der Waals surface area contributed by atoms with Crippen LogP contribution in [-0.2, 0) is 24.1 Å². The molecule has 1 unspecified atom stereocenters.